The highest BCUT2D eigenvalue weighted by atomic mass is 32.2. The van der Waals surface area contributed by atoms with Crippen LogP contribution in [-0.2, 0) is 14.8 Å². The van der Waals surface area contributed by atoms with Crippen molar-refractivity contribution in [2.45, 2.75) is 30.3 Å². The van der Waals surface area contributed by atoms with Gasteiger partial charge in [0, 0.05) is 32.3 Å². The van der Waals surface area contributed by atoms with E-state index in [1.165, 1.54) is 6.20 Å². The van der Waals surface area contributed by atoms with Gasteiger partial charge in [-0.05, 0) is 25.0 Å². The Morgan fingerprint density at radius 2 is 2.20 bits per heavy atom. The van der Waals surface area contributed by atoms with Crippen LogP contribution < -0.4 is 15.4 Å². The van der Waals surface area contributed by atoms with Gasteiger partial charge < -0.3 is 10.6 Å². The second-order valence-corrected chi connectivity index (χ2v) is 6.28. The van der Waals surface area contributed by atoms with Gasteiger partial charge in [0.05, 0.1) is 5.69 Å². The SMILES string of the molecule is CNc1cccnc1S(=O)(=O)NCCC(=O)NC1CC1. The Labute approximate surface area is 118 Å². The first kappa shape index (κ1) is 14.7. The van der Waals surface area contributed by atoms with E-state index in [1.54, 1.807) is 19.2 Å². The van der Waals surface area contributed by atoms with Gasteiger partial charge in [-0.2, -0.15) is 0 Å². The molecule has 1 aromatic heterocycles. The van der Waals surface area contributed by atoms with Crippen LogP contribution in [0.15, 0.2) is 23.4 Å². The van der Waals surface area contributed by atoms with Crippen molar-refractivity contribution in [1.29, 1.82) is 0 Å². The Bertz CT molecular complexity index is 584. The molecule has 7 nitrogen and oxygen atoms in total. The van der Waals surface area contributed by atoms with E-state index in [9.17, 15) is 13.2 Å². The van der Waals surface area contributed by atoms with Crippen molar-refractivity contribution in [1.82, 2.24) is 15.0 Å². The first-order chi connectivity index (χ1) is 9.53. The van der Waals surface area contributed by atoms with Gasteiger partial charge in [-0.3, -0.25) is 4.79 Å². The lowest BCUT2D eigenvalue weighted by Gasteiger charge is -2.09. The molecular weight excluding hydrogens is 280 g/mol. The number of carbonyl (C=O) groups excluding carboxylic acids is 1. The van der Waals surface area contributed by atoms with E-state index in [4.69, 9.17) is 0 Å². The van der Waals surface area contributed by atoms with Crippen molar-refractivity contribution < 1.29 is 13.2 Å². The van der Waals surface area contributed by atoms with Crippen LogP contribution in [0.2, 0.25) is 0 Å². The van der Waals surface area contributed by atoms with E-state index in [2.05, 4.69) is 20.3 Å². The minimum absolute atomic E-state index is 0.0562. The predicted octanol–water partition coefficient (Wildman–Crippen LogP) is 0.0703. The topological polar surface area (TPSA) is 100 Å². The third-order valence-electron chi connectivity index (χ3n) is 2.88. The number of aromatic nitrogens is 1. The molecule has 1 amide bonds. The maximum atomic E-state index is 12.1. The Morgan fingerprint density at radius 1 is 1.45 bits per heavy atom. The van der Waals surface area contributed by atoms with E-state index in [0.29, 0.717) is 5.69 Å². The van der Waals surface area contributed by atoms with Gasteiger partial charge in [0.1, 0.15) is 0 Å². The molecule has 0 aliphatic heterocycles. The van der Waals surface area contributed by atoms with Crippen LogP contribution in [0, 0.1) is 0 Å². The number of pyridine rings is 1. The van der Waals surface area contributed by atoms with Crippen molar-refractivity contribution in [3.8, 4) is 0 Å². The largest absolute Gasteiger partial charge is 0.386 e. The van der Waals surface area contributed by atoms with E-state index >= 15 is 0 Å². The number of sulfonamides is 1. The molecule has 0 spiro atoms. The molecule has 1 saturated carbocycles. The molecule has 3 N–H and O–H groups in total. The van der Waals surface area contributed by atoms with Gasteiger partial charge in [0.15, 0.2) is 5.03 Å². The summed E-state index contributed by atoms with van der Waals surface area (Å²) in [6, 6.07) is 3.56. The van der Waals surface area contributed by atoms with Gasteiger partial charge in [-0.1, -0.05) is 0 Å². The first-order valence-corrected chi connectivity index (χ1v) is 7.93. The summed E-state index contributed by atoms with van der Waals surface area (Å²) in [4.78, 5) is 15.3. The summed E-state index contributed by atoms with van der Waals surface area (Å²) in [7, 11) is -2.09. The second kappa shape index (κ2) is 6.19. The maximum Gasteiger partial charge on any atom is 0.260 e. The maximum absolute atomic E-state index is 12.1. The summed E-state index contributed by atoms with van der Waals surface area (Å²) < 4.78 is 26.5. The van der Waals surface area contributed by atoms with Crippen LogP contribution >= 0.6 is 0 Å². The van der Waals surface area contributed by atoms with Gasteiger partial charge in [0.25, 0.3) is 10.0 Å². The number of hydrogen-bond acceptors (Lipinski definition) is 5. The number of nitrogens with zero attached hydrogens (tertiary/aromatic N) is 1. The van der Waals surface area contributed by atoms with Crippen molar-refractivity contribution in [2.75, 3.05) is 18.9 Å². The normalized spacial score (nSPS) is 14.8. The standard InChI is InChI=1S/C12H18N4O3S/c1-13-10-3-2-7-14-12(10)20(18,19)15-8-6-11(17)16-9-4-5-9/h2-3,7,9,13,15H,4-6,8H2,1H3,(H,16,17). The summed E-state index contributed by atoms with van der Waals surface area (Å²) in [5, 5.41) is 5.51. The van der Waals surface area contributed by atoms with E-state index in [0.717, 1.165) is 12.8 Å². The van der Waals surface area contributed by atoms with Crippen molar-refractivity contribution >= 4 is 21.6 Å². The molecule has 0 aromatic carbocycles. The van der Waals surface area contributed by atoms with E-state index in [1.807, 2.05) is 0 Å². The molecule has 0 saturated heterocycles. The third-order valence-corrected chi connectivity index (χ3v) is 4.30. The monoisotopic (exact) mass is 298 g/mol. The van der Waals surface area contributed by atoms with Gasteiger partial charge >= 0.3 is 0 Å². The third kappa shape index (κ3) is 3.91. The van der Waals surface area contributed by atoms with E-state index in [-0.39, 0.29) is 29.9 Å². The molecule has 8 heteroatoms. The van der Waals surface area contributed by atoms with Gasteiger partial charge in [-0.15, -0.1) is 0 Å². The zero-order chi connectivity index (χ0) is 14.6. The summed E-state index contributed by atoms with van der Waals surface area (Å²) in [5.74, 6) is -0.134. The minimum Gasteiger partial charge on any atom is -0.386 e. The molecule has 0 atom stereocenters. The highest BCUT2D eigenvalue weighted by Gasteiger charge is 2.24. The molecule has 0 unspecified atom stereocenters. The van der Waals surface area contributed by atoms with Crippen LogP contribution in [0.25, 0.3) is 0 Å². The Morgan fingerprint density at radius 3 is 2.85 bits per heavy atom. The number of rotatable bonds is 7. The highest BCUT2D eigenvalue weighted by Crippen LogP contribution is 2.19. The molecule has 1 aliphatic rings. The average Bonchev–Trinajstić information content (AvgIpc) is 3.22. The van der Waals surface area contributed by atoms with Crippen molar-refractivity contribution in [2.24, 2.45) is 0 Å². The lowest BCUT2D eigenvalue weighted by atomic mass is 10.4. The lowest BCUT2D eigenvalue weighted by Crippen LogP contribution is -2.32. The van der Waals surface area contributed by atoms with Crippen LogP contribution in [0.5, 0.6) is 0 Å². The molecule has 1 heterocycles. The van der Waals surface area contributed by atoms with E-state index < -0.39 is 10.0 Å². The summed E-state index contributed by atoms with van der Waals surface area (Å²) in [6.07, 6.45) is 3.56. The number of hydrogen-bond donors (Lipinski definition) is 3. The fourth-order valence-electron chi connectivity index (χ4n) is 1.69. The molecular formula is C12H18N4O3S. The average molecular weight is 298 g/mol. The predicted molar refractivity (Wildman–Crippen MR) is 74.8 cm³/mol. The number of nitrogens with one attached hydrogen (secondary N) is 3. The molecule has 1 aliphatic carbocycles. The van der Waals surface area contributed by atoms with Crippen LogP contribution in [0.4, 0.5) is 5.69 Å². The number of anilines is 1. The number of amides is 1. The quantitative estimate of drug-likeness (QED) is 0.661. The second-order valence-electron chi connectivity index (χ2n) is 4.60. The Hall–Kier alpha value is -1.67. The lowest BCUT2D eigenvalue weighted by molar-refractivity contribution is -0.121. The summed E-state index contributed by atoms with van der Waals surface area (Å²) >= 11 is 0. The Kier molecular flexibility index (Phi) is 4.56. The molecule has 1 fully saturated rings. The van der Waals surface area contributed by atoms with Crippen LogP contribution in [-0.4, -0.2) is 38.9 Å². The van der Waals surface area contributed by atoms with Gasteiger partial charge in [0.2, 0.25) is 5.91 Å². The zero-order valence-electron chi connectivity index (χ0n) is 11.2. The first-order valence-electron chi connectivity index (χ1n) is 6.45. The number of carbonyl (C=O) groups is 1. The fourth-order valence-corrected chi connectivity index (χ4v) is 2.86. The smallest absolute Gasteiger partial charge is 0.260 e. The fraction of sp³-hybridized carbons (Fsp3) is 0.500. The molecule has 0 radical (unpaired) electrons. The summed E-state index contributed by atoms with van der Waals surface area (Å²) in [6.45, 7) is 0.0562. The summed E-state index contributed by atoms with van der Waals surface area (Å²) in [5.41, 5.74) is 0.419. The van der Waals surface area contributed by atoms with Gasteiger partial charge in [-0.25, -0.2) is 18.1 Å². The van der Waals surface area contributed by atoms with Crippen LogP contribution in [0.1, 0.15) is 19.3 Å². The molecule has 0 bridgehead atoms. The van der Waals surface area contributed by atoms with Crippen LogP contribution in [0.3, 0.4) is 0 Å². The molecule has 1 aromatic rings. The Balaban J connectivity index is 1.91. The van der Waals surface area contributed by atoms with Crippen molar-refractivity contribution in [3.05, 3.63) is 18.3 Å². The molecule has 20 heavy (non-hydrogen) atoms. The molecule has 110 valence electrons. The highest BCUT2D eigenvalue weighted by molar-refractivity contribution is 7.89. The minimum atomic E-state index is -3.72. The molecule has 2 rings (SSSR count). The van der Waals surface area contributed by atoms with Crippen molar-refractivity contribution in [3.63, 3.8) is 0 Å². The zero-order valence-corrected chi connectivity index (χ0v) is 12.0.